The third kappa shape index (κ3) is 5.77. The maximum absolute atomic E-state index is 12.7. The molecule has 0 aromatic heterocycles. The molecule has 0 spiro atoms. The van der Waals surface area contributed by atoms with Crippen LogP contribution in [0.5, 0.6) is 11.5 Å². The van der Waals surface area contributed by atoms with E-state index in [1.165, 1.54) is 6.21 Å². The minimum absolute atomic E-state index is 0.205. The summed E-state index contributed by atoms with van der Waals surface area (Å²) in [5.74, 6) is -0.0638. The van der Waals surface area contributed by atoms with Crippen LogP contribution in [-0.2, 0) is 4.79 Å². The van der Waals surface area contributed by atoms with Gasteiger partial charge in [0.15, 0.2) is 6.61 Å². The fourth-order valence-corrected chi connectivity index (χ4v) is 3.98. The molecule has 0 fully saturated rings. The summed E-state index contributed by atoms with van der Waals surface area (Å²) in [4.78, 5) is 25.1. The van der Waals surface area contributed by atoms with Crippen LogP contribution in [0, 0.1) is 0 Å². The molecule has 182 valence electrons. The Balaban J connectivity index is 1.30. The van der Waals surface area contributed by atoms with E-state index in [-0.39, 0.29) is 6.61 Å². The number of ether oxygens (including phenoxy) is 2. The number of fused-ring (bicyclic) bond motifs is 2. The maximum Gasteiger partial charge on any atom is 0.343 e. The van der Waals surface area contributed by atoms with Gasteiger partial charge < -0.3 is 9.47 Å². The molecule has 5 aromatic carbocycles. The fraction of sp³-hybridized carbons (Fsp3) is 0.0333. The van der Waals surface area contributed by atoms with E-state index < -0.39 is 11.9 Å². The van der Waals surface area contributed by atoms with Crippen molar-refractivity contribution in [3.05, 3.63) is 119 Å². The zero-order valence-corrected chi connectivity index (χ0v) is 20.3. The first-order valence-electron chi connectivity index (χ1n) is 11.5. The van der Waals surface area contributed by atoms with Crippen molar-refractivity contribution in [3.8, 4) is 11.5 Å². The number of carbonyl (C=O) groups excluding carboxylic acids is 2. The van der Waals surface area contributed by atoms with Gasteiger partial charge in [0.05, 0.1) is 11.8 Å². The lowest BCUT2D eigenvalue weighted by atomic mass is 10.0. The van der Waals surface area contributed by atoms with Gasteiger partial charge in [0.2, 0.25) is 0 Å². The SMILES string of the molecule is O=C(COc1ccc2ccccc2c1)NN=Cc1c(OC(=O)c2ccc(Cl)cc2)ccc2ccccc12. The van der Waals surface area contributed by atoms with E-state index in [2.05, 4.69) is 10.5 Å². The summed E-state index contributed by atoms with van der Waals surface area (Å²) in [6, 6.07) is 31.1. The van der Waals surface area contributed by atoms with Gasteiger partial charge in [-0.25, -0.2) is 10.2 Å². The molecule has 0 unspecified atom stereocenters. The number of rotatable bonds is 7. The maximum atomic E-state index is 12.7. The summed E-state index contributed by atoms with van der Waals surface area (Å²) in [6.07, 6.45) is 1.46. The Kier molecular flexibility index (Phi) is 7.10. The van der Waals surface area contributed by atoms with Crippen molar-refractivity contribution in [1.29, 1.82) is 0 Å². The van der Waals surface area contributed by atoms with Crippen LogP contribution < -0.4 is 14.9 Å². The Morgan fingerprint density at radius 1 is 0.811 bits per heavy atom. The van der Waals surface area contributed by atoms with Gasteiger partial charge in [0.1, 0.15) is 11.5 Å². The number of hydrogen-bond donors (Lipinski definition) is 1. The average Bonchev–Trinajstić information content (AvgIpc) is 2.93. The van der Waals surface area contributed by atoms with Gasteiger partial charge in [0.25, 0.3) is 5.91 Å². The lowest BCUT2D eigenvalue weighted by Crippen LogP contribution is -2.24. The first kappa shape index (κ1) is 24.0. The first-order chi connectivity index (χ1) is 18.1. The normalized spacial score (nSPS) is 11.1. The number of halogens is 1. The standard InChI is InChI=1S/C30H21ClN2O4/c31-24-13-9-22(10-14-24)30(35)37-28-16-12-21-6-3-4-8-26(21)27(28)18-32-33-29(34)19-36-25-15-11-20-5-1-2-7-23(20)17-25/h1-18H,19H2,(H,33,34). The topological polar surface area (TPSA) is 77.0 Å². The monoisotopic (exact) mass is 508 g/mol. The highest BCUT2D eigenvalue weighted by Crippen LogP contribution is 2.27. The van der Waals surface area contributed by atoms with Crippen molar-refractivity contribution < 1.29 is 19.1 Å². The zero-order valence-electron chi connectivity index (χ0n) is 19.6. The van der Waals surface area contributed by atoms with Gasteiger partial charge in [-0.05, 0) is 64.0 Å². The van der Waals surface area contributed by atoms with Gasteiger partial charge >= 0.3 is 5.97 Å². The lowest BCUT2D eigenvalue weighted by Gasteiger charge is -2.11. The Labute approximate surface area is 218 Å². The number of hydrogen-bond acceptors (Lipinski definition) is 5. The van der Waals surface area contributed by atoms with E-state index in [9.17, 15) is 9.59 Å². The number of amides is 1. The molecule has 1 N–H and O–H groups in total. The summed E-state index contributed by atoms with van der Waals surface area (Å²) in [6.45, 7) is -0.205. The Bertz CT molecular complexity index is 1630. The molecule has 0 aliphatic heterocycles. The number of carbonyl (C=O) groups is 2. The molecule has 0 saturated heterocycles. The molecule has 0 radical (unpaired) electrons. The number of benzene rings is 5. The molecule has 5 aromatic rings. The Morgan fingerprint density at radius 3 is 2.32 bits per heavy atom. The van der Waals surface area contributed by atoms with E-state index >= 15 is 0 Å². The van der Waals surface area contributed by atoms with Crippen molar-refractivity contribution in [3.63, 3.8) is 0 Å². The minimum atomic E-state index is -0.533. The van der Waals surface area contributed by atoms with Crippen molar-refractivity contribution in [2.24, 2.45) is 5.10 Å². The van der Waals surface area contributed by atoms with Gasteiger partial charge in [-0.2, -0.15) is 5.10 Å². The highest BCUT2D eigenvalue weighted by atomic mass is 35.5. The number of esters is 1. The molecule has 37 heavy (non-hydrogen) atoms. The second kappa shape index (κ2) is 10.9. The van der Waals surface area contributed by atoms with Gasteiger partial charge in [0, 0.05) is 10.6 Å². The Hall–Kier alpha value is -4.68. The number of nitrogens with zero attached hydrogens (tertiary/aromatic N) is 1. The van der Waals surface area contributed by atoms with E-state index in [4.69, 9.17) is 21.1 Å². The van der Waals surface area contributed by atoms with Crippen LogP contribution in [0.2, 0.25) is 5.02 Å². The second-order valence-electron chi connectivity index (χ2n) is 8.19. The smallest absolute Gasteiger partial charge is 0.343 e. The first-order valence-corrected chi connectivity index (χ1v) is 11.9. The van der Waals surface area contributed by atoms with Crippen molar-refractivity contribution in [2.45, 2.75) is 0 Å². The molecule has 1 amide bonds. The van der Waals surface area contributed by atoms with E-state index in [0.717, 1.165) is 21.5 Å². The quantitative estimate of drug-likeness (QED) is 0.119. The minimum Gasteiger partial charge on any atom is -0.484 e. The molecule has 5 rings (SSSR count). The molecule has 0 aliphatic carbocycles. The van der Waals surface area contributed by atoms with Gasteiger partial charge in [-0.1, -0.05) is 72.3 Å². The molecule has 6 nitrogen and oxygen atoms in total. The van der Waals surface area contributed by atoms with Crippen LogP contribution in [0.3, 0.4) is 0 Å². The van der Waals surface area contributed by atoms with Gasteiger partial charge in [-0.15, -0.1) is 0 Å². The zero-order chi connectivity index (χ0) is 25.6. The predicted octanol–water partition coefficient (Wildman–Crippen LogP) is 6.39. The van der Waals surface area contributed by atoms with Crippen LogP contribution >= 0.6 is 11.6 Å². The van der Waals surface area contributed by atoms with Crippen molar-refractivity contribution in [2.75, 3.05) is 6.61 Å². The molecule has 0 aliphatic rings. The van der Waals surface area contributed by atoms with E-state index in [1.807, 2.05) is 72.8 Å². The number of nitrogens with one attached hydrogen (secondary N) is 1. The molecule has 0 bridgehead atoms. The van der Waals surface area contributed by atoms with Crippen LogP contribution in [0.1, 0.15) is 15.9 Å². The molecule has 0 heterocycles. The summed E-state index contributed by atoms with van der Waals surface area (Å²) < 4.78 is 11.3. The van der Waals surface area contributed by atoms with Crippen LogP contribution in [0.25, 0.3) is 21.5 Å². The van der Waals surface area contributed by atoms with E-state index in [1.54, 1.807) is 30.3 Å². The highest BCUT2D eigenvalue weighted by molar-refractivity contribution is 6.30. The molecule has 7 heteroatoms. The van der Waals surface area contributed by atoms with Crippen LogP contribution in [0.4, 0.5) is 0 Å². The average molecular weight is 509 g/mol. The molecule has 0 atom stereocenters. The fourth-order valence-electron chi connectivity index (χ4n) is 3.85. The molecule has 0 saturated carbocycles. The summed E-state index contributed by atoms with van der Waals surface area (Å²) >= 11 is 5.92. The van der Waals surface area contributed by atoms with E-state index in [0.29, 0.717) is 27.6 Å². The Morgan fingerprint density at radius 2 is 1.51 bits per heavy atom. The van der Waals surface area contributed by atoms with Crippen LogP contribution in [0.15, 0.2) is 108 Å². The predicted molar refractivity (Wildman–Crippen MR) is 146 cm³/mol. The van der Waals surface area contributed by atoms with Crippen LogP contribution in [-0.4, -0.2) is 24.7 Å². The summed E-state index contributed by atoms with van der Waals surface area (Å²) in [5, 5.41) is 8.47. The van der Waals surface area contributed by atoms with Crippen molar-refractivity contribution >= 4 is 51.2 Å². The molecular weight excluding hydrogens is 488 g/mol. The highest BCUT2D eigenvalue weighted by Gasteiger charge is 2.14. The van der Waals surface area contributed by atoms with Gasteiger partial charge in [-0.3, -0.25) is 4.79 Å². The lowest BCUT2D eigenvalue weighted by molar-refractivity contribution is -0.123. The largest absolute Gasteiger partial charge is 0.484 e. The summed E-state index contributed by atoms with van der Waals surface area (Å²) in [5.41, 5.74) is 3.38. The third-order valence-corrected chi connectivity index (χ3v) is 5.94. The molecular formula is C30H21ClN2O4. The van der Waals surface area contributed by atoms with Crippen molar-refractivity contribution in [1.82, 2.24) is 5.43 Å². The second-order valence-corrected chi connectivity index (χ2v) is 8.62. The third-order valence-electron chi connectivity index (χ3n) is 5.69. The summed E-state index contributed by atoms with van der Waals surface area (Å²) in [7, 11) is 0. The number of hydrazone groups is 1.